The zero-order valence-electron chi connectivity index (χ0n) is 10.1. The van der Waals surface area contributed by atoms with E-state index in [9.17, 15) is 0 Å². The summed E-state index contributed by atoms with van der Waals surface area (Å²) >= 11 is 5.87. The van der Waals surface area contributed by atoms with Gasteiger partial charge < -0.3 is 4.74 Å². The minimum atomic E-state index is 0.405. The standard InChI is InChI=1S/C14H20ClNO/c15-8-9-16(12-14-7-4-10-17-14)11-13-5-2-1-3-6-13/h1-3,5-6,14H,4,7-12H2. The average molecular weight is 254 g/mol. The van der Waals surface area contributed by atoms with Crippen LogP contribution in [0.3, 0.4) is 0 Å². The van der Waals surface area contributed by atoms with Gasteiger partial charge in [0, 0.05) is 32.1 Å². The molecule has 94 valence electrons. The van der Waals surface area contributed by atoms with Crippen LogP contribution in [0.4, 0.5) is 0 Å². The maximum Gasteiger partial charge on any atom is 0.0702 e. The van der Waals surface area contributed by atoms with Crippen molar-refractivity contribution in [3.63, 3.8) is 0 Å². The van der Waals surface area contributed by atoms with Gasteiger partial charge in [0.15, 0.2) is 0 Å². The van der Waals surface area contributed by atoms with Crippen LogP contribution in [0.2, 0.25) is 0 Å². The summed E-state index contributed by atoms with van der Waals surface area (Å²) in [6.45, 7) is 3.82. The Morgan fingerprint density at radius 3 is 2.76 bits per heavy atom. The number of alkyl halides is 1. The summed E-state index contributed by atoms with van der Waals surface area (Å²) in [5, 5.41) is 0. The lowest BCUT2D eigenvalue weighted by Gasteiger charge is -2.24. The quantitative estimate of drug-likeness (QED) is 0.723. The zero-order chi connectivity index (χ0) is 11.9. The summed E-state index contributed by atoms with van der Waals surface area (Å²) in [6, 6.07) is 10.5. The SMILES string of the molecule is ClCCN(Cc1ccccc1)CC1CCCO1. The van der Waals surface area contributed by atoms with Gasteiger partial charge in [-0.15, -0.1) is 11.6 Å². The van der Waals surface area contributed by atoms with Crippen LogP contribution in [0.15, 0.2) is 30.3 Å². The molecule has 1 aromatic carbocycles. The summed E-state index contributed by atoms with van der Waals surface area (Å²) in [7, 11) is 0. The fourth-order valence-corrected chi connectivity index (χ4v) is 2.51. The van der Waals surface area contributed by atoms with E-state index in [1.54, 1.807) is 0 Å². The molecule has 0 spiro atoms. The molecule has 2 rings (SSSR count). The molecular formula is C14H20ClNO. The van der Waals surface area contributed by atoms with Crippen LogP contribution in [0, 0.1) is 0 Å². The highest BCUT2D eigenvalue weighted by atomic mass is 35.5. The first-order chi connectivity index (χ1) is 8.38. The van der Waals surface area contributed by atoms with Crippen molar-refractivity contribution < 1.29 is 4.74 Å². The van der Waals surface area contributed by atoms with E-state index < -0.39 is 0 Å². The van der Waals surface area contributed by atoms with Gasteiger partial charge >= 0.3 is 0 Å². The molecule has 0 amide bonds. The van der Waals surface area contributed by atoms with Gasteiger partial charge in [0.25, 0.3) is 0 Å². The van der Waals surface area contributed by atoms with E-state index in [4.69, 9.17) is 16.3 Å². The minimum absolute atomic E-state index is 0.405. The second-order valence-electron chi connectivity index (χ2n) is 4.54. The lowest BCUT2D eigenvalue weighted by molar-refractivity contribution is 0.0728. The van der Waals surface area contributed by atoms with Crippen molar-refractivity contribution in [3.8, 4) is 0 Å². The molecular weight excluding hydrogens is 234 g/mol. The first kappa shape index (κ1) is 12.9. The smallest absolute Gasteiger partial charge is 0.0702 e. The van der Waals surface area contributed by atoms with E-state index in [0.717, 1.165) is 26.2 Å². The average Bonchev–Trinajstić information content (AvgIpc) is 2.83. The molecule has 1 atom stereocenters. The second kappa shape index (κ2) is 7.00. The summed E-state index contributed by atoms with van der Waals surface area (Å²) < 4.78 is 5.68. The number of benzene rings is 1. The van der Waals surface area contributed by atoms with Gasteiger partial charge in [0.2, 0.25) is 0 Å². The zero-order valence-corrected chi connectivity index (χ0v) is 10.9. The molecule has 17 heavy (non-hydrogen) atoms. The summed E-state index contributed by atoms with van der Waals surface area (Å²) in [4.78, 5) is 2.39. The summed E-state index contributed by atoms with van der Waals surface area (Å²) in [5.74, 6) is 0.680. The Morgan fingerprint density at radius 2 is 2.12 bits per heavy atom. The first-order valence-electron chi connectivity index (χ1n) is 6.32. The van der Waals surface area contributed by atoms with E-state index in [1.807, 2.05) is 0 Å². The molecule has 0 aromatic heterocycles. The van der Waals surface area contributed by atoms with Gasteiger partial charge in [0.05, 0.1) is 6.10 Å². The number of halogens is 1. The van der Waals surface area contributed by atoms with E-state index >= 15 is 0 Å². The number of ether oxygens (including phenoxy) is 1. The molecule has 0 aliphatic carbocycles. The Labute approximate surface area is 109 Å². The predicted octanol–water partition coefficient (Wildman–Crippen LogP) is 2.91. The van der Waals surface area contributed by atoms with Gasteiger partial charge in [-0.2, -0.15) is 0 Å². The third-order valence-electron chi connectivity index (χ3n) is 3.14. The number of hydrogen-bond donors (Lipinski definition) is 0. The van der Waals surface area contributed by atoms with E-state index in [0.29, 0.717) is 12.0 Å². The largest absolute Gasteiger partial charge is 0.377 e. The predicted molar refractivity (Wildman–Crippen MR) is 71.4 cm³/mol. The molecule has 0 radical (unpaired) electrons. The molecule has 0 N–H and O–H groups in total. The molecule has 1 fully saturated rings. The highest BCUT2D eigenvalue weighted by Gasteiger charge is 2.18. The van der Waals surface area contributed by atoms with Crippen LogP contribution < -0.4 is 0 Å². The van der Waals surface area contributed by atoms with E-state index in [-0.39, 0.29) is 0 Å². The number of nitrogens with zero attached hydrogens (tertiary/aromatic N) is 1. The fourth-order valence-electron chi connectivity index (χ4n) is 2.27. The van der Waals surface area contributed by atoms with Crippen LogP contribution >= 0.6 is 11.6 Å². The fraction of sp³-hybridized carbons (Fsp3) is 0.571. The number of hydrogen-bond acceptors (Lipinski definition) is 2. The Morgan fingerprint density at radius 1 is 1.29 bits per heavy atom. The van der Waals surface area contributed by atoms with Crippen molar-refractivity contribution in [1.29, 1.82) is 0 Å². The highest BCUT2D eigenvalue weighted by molar-refractivity contribution is 6.18. The monoisotopic (exact) mass is 253 g/mol. The van der Waals surface area contributed by atoms with Crippen LogP contribution in [-0.4, -0.2) is 36.6 Å². The van der Waals surface area contributed by atoms with Crippen molar-refractivity contribution in [1.82, 2.24) is 4.90 Å². The number of rotatable bonds is 6. The molecule has 2 nitrogen and oxygen atoms in total. The lowest BCUT2D eigenvalue weighted by atomic mass is 10.2. The van der Waals surface area contributed by atoms with Gasteiger partial charge in [-0.25, -0.2) is 0 Å². The van der Waals surface area contributed by atoms with Crippen molar-refractivity contribution in [2.24, 2.45) is 0 Å². The van der Waals surface area contributed by atoms with Gasteiger partial charge in [-0.1, -0.05) is 30.3 Å². The third-order valence-corrected chi connectivity index (χ3v) is 3.30. The highest BCUT2D eigenvalue weighted by Crippen LogP contribution is 2.15. The van der Waals surface area contributed by atoms with Crippen LogP contribution in [0.1, 0.15) is 18.4 Å². The summed E-state index contributed by atoms with van der Waals surface area (Å²) in [6.07, 6.45) is 2.79. The molecule has 1 unspecified atom stereocenters. The summed E-state index contributed by atoms with van der Waals surface area (Å²) in [5.41, 5.74) is 1.34. The molecule has 1 saturated heterocycles. The maximum absolute atomic E-state index is 5.87. The van der Waals surface area contributed by atoms with Crippen molar-refractivity contribution >= 4 is 11.6 Å². The second-order valence-corrected chi connectivity index (χ2v) is 4.92. The van der Waals surface area contributed by atoms with Gasteiger partial charge in [-0.3, -0.25) is 4.90 Å². The Balaban J connectivity index is 1.87. The molecule has 1 aliphatic heterocycles. The van der Waals surface area contributed by atoms with E-state index in [1.165, 1.54) is 18.4 Å². The van der Waals surface area contributed by atoms with Crippen molar-refractivity contribution in [2.45, 2.75) is 25.5 Å². The van der Waals surface area contributed by atoms with Gasteiger partial charge in [-0.05, 0) is 18.4 Å². The van der Waals surface area contributed by atoms with Crippen LogP contribution in [-0.2, 0) is 11.3 Å². The first-order valence-corrected chi connectivity index (χ1v) is 6.86. The van der Waals surface area contributed by atoms with Crippen LogP contribution in [0.5, 0.6) is 0 Å². The lowest BCUT2D eigenvalue weighted by Crippen LogP contribution is -2.33. The van der Waals surface area contributed by atoms with Crippen LogP contribution in [0.25, 0.3) is 0 Å². The normalized spacial score (nSPS) is 20.0. The Kier molecular flexibility index (Phi) is 5.30. The molecule has 0 saturated carbocycles. The molecule has 3 heteroatoms. The van der Waals surface area contributed by atoms with Gasteiger partial charge in [0.1, 0.15) is 0 Å². The Bertz CT molecular complexity index is 311. The molecule has 1 aliphatic rings. The minimum Gasteiger partial charge on any atom is -0.377 e. The molecule has 1 heterocycles. The Hall–Kier alpha value is -0.570. The topological polar surface area (TPSA) is 12.5 Å². The maximum atomic E-state index is 5.87. The third kappa shape index (κ3) is 4.30. The van der Waals surface area contributed by atoms with Crippen molar-refractivity contribution in [3.05, 3.63) is 35.9 Å². The van der Waals surface area contributed by atoms with E-state index in [2.05, 4.69) is 35.2 Å². The van der Waals surface area contributed by atoms with Crippen molar-refractivity contribution in [2.75, 3.05) is 25.6 Å². The molecule has 0 bridgehead atoms. The molecule has 1 aromatic rings.